The fraction of sp³-hybridized carbons (Fsp3) is 0.353. The minimum Gasteiger partial charge on any atom is -0.256 e. The van der Waals surface area contributed by atoms with Crippen LogP contribution in [0.15, 0.2) is 36.5 Å². The smallest absolute Gasteiger partial charge is 0.256 e. The predicted molar refractivity (Wildman–Crippen MR) is 78.4 cm³/mol. The van der Waals surface area contributed by atoms with Crippen molar-refractivity contribution < 1.29 is 26.3 Å². The summed E-state index contributed by atoms with van der Waals surface area (Å²) < 4.78 is 77.6. The number of alkyl halides is 6. The van der Waals surface area contributed by atoms with Crippen molar-refractivity contribution in [2.24, 2.45) is 0 Å². The lowest BCUT2D eigenvalue weighted by Gasteiger charge is -2.20. The second kappa shape index (κ2) is 5.79. The van der Waals surface area contributed by atoms with E-state index in [1.54, 1.807) is 6.07 Å². The van der Waals surface area contributed by atoms with Crippen molar-refractivity contribution in [3.05, 3.63) is 53.2 Å². The Morgan fingerprint density at radius 1 is 0.708 bits per heavy atom. The van der Waals surface area contributed by atoms with Gasteiger partial charge in [-0.05, 0) is 41.3 Å². The van der Waals surface area contributed by atoms with E-state index in [1.165, 1.54) is 12.3 Å². The number of nitrogens with zero attached hydrogens (tertiary/aromatic N) is 1. The molecule has 0 fully saturated rings. The molecule has 0 spiro atoms. The number of hydrogen-bond acceptors (Lipinski definition) is 1. The molecule has 0 saturated carbocycles. The number of rotatable bonds is 1. The Bertz CT molecular complexity index is 706. The average Bonchev–Trinajstić information content (AvgIpc) is 2.44. The third kappa shape index (κ3) is 4.07. The van der Waals surface area contributed by atoms with Crippen LogP contribution < -0.4 is 0 Å². The molecule has 1 heterocycles. The molecule has 1 aromatic heterocycles. The van der Waals surface area contributed by atoms with Crippen LogP contribution in [-0.2, 0) is 17.8 Å². The number of halogens is 6. The van der Waals surface area contributed by atoms with Crippen LogP contribution in [0.5, 0.6) is 0 Å². The Balaban J connectivity index is 2.66. The first-order valence-electron chi connectivity index (χ1n) is 7.05. The number of aromatic nitrogens is 1. The summed E-state index contributed by atoms with van der Waals surface area (Å²) >= 11 is 0. The van der Waals surface area contributed by atoms with Gasteiger partial charge < -0.3 is 0 Å². The van der Waals surface area contributed by atoms with Crippen LogP contribution in [0.3, 0.4) is 0 Å². The van der Waals surface area contributed by atoms with Crippen molar-refractivity contribution in [3.8, 4) is 11.3 Å². The maximum Gasteiger partial charge on any atom is 0.416 e. The van der Waals surface area contributed by atoms with Crippen LogP contribution in [0, 0.1) is 0 Å². The van der Waals surface area contributed by atoms with Crippen LogP contribution in [-0.4, -0.2) is 4.98 Å². The van der Waals surface area contributed by atoms with Crippen molar-refractivity contribution in [3.63, 3.8) is 0 Å². The van der Waals surface area contributed by atoms with Gasteiger partial charge in [0.05, 0.1) is 16.8 Å². The van der Waals surface area contributed by atoms with E-state index >= 15 is 0 Å². The lowest BCUT2D eigenvalue weighted by molar-refractivity contribution is -0.143. The van der Waals surface area contributed by atoms with E-state index in [0.717, 1.165) is 5.56 Å². The van der Waals surface area contributed by atoms with Crippen molar-refractivity contribution in [1.29, 1.82) is 0 Å². The molecule has 0 aliphatic carbocycles. The minimum atomic E-state index is -4.88. The third-order valence-corrected chi connectivity index (χ3v) is 3.51. The Morgan fingerprint density at radius 2 is 1.21 bits per heavy atom. The summed E-state index contributed by atoms with van der Waals surface area (Å²) in [7, 11) is 0. The van der Waals surface area contributed by atoms with E-state index in [0.29, 0.717) is 12.1 Å². The fourth-order valence-electron chi connectivity index (χ4n) is 2.16. The Kier molecular flexibility index (Phi) is 4.41. The SMILES string of the molecule is CC(C)(C)c1ccnc(-c2cc(C(F)(F)F)cc(C(F)(F)F)c2)c1. The van der Waals surface area contributed by atoms with Gasteiger partial charge in [0.2, 0.25) is 0 Å². The van der Waals surface area contributed by atoms with Gasteiger partial charge in [-0.15, -0.1) is 0 Å². The van der Waals surface area contributed by atoms with Gasteiger partial charge in [0.25, 0.3) is 0 Å². The number of benzene rings is 1. The summed E-state index contributed by atoms with van der Waals surface area (Å²) in [5.41, 5.74) is -2.40. The molecule has 0 amide bonds. The normalized spacial score (nSPS) is 13.2. The van der Waals surface area contributed by atoms with Crippen molar-refractivity contribution >= 4 is 0 Å². The molecule has 7 heteroatoms. The lowest BCUT2D eigenvalue weighted by atomic mass is 9.87. The topological polar surface area (TPSA) is 12.9 Å². The van der Waals surface area contributed by atoms with E-state index in [-0.39, 0.29) is 22.7 Å². The van der Waals surface area contributed by atoms with Crippen molar-refractivity contribution in [2.75, 3.05) is 0 Å². The maximum absolute atomic E-state index is 12.9. The summed E-state index contributed by atoms with van der Waals surface area (Å²) in [6.07, 6.45) is -8.38. The molecular formula is C17H15F6N. The summed E-state index contributed by atoms with van der Waals surface area (Å²) in [4.78, 5) is 3.93. The van der Waals surface area contributed by atoms with Gasteiger partial charge in [0.15, 0.2) is 0 Å². The van der Waals surface area contributed by atoms with Crippen LogP contribution in [0.4, 0.5) is 26.3 Å². The molecule has 2 aromatic rings. The standard InChI is InChI=1S/C17H15F6N/c1-15(2,3)11-4-5-24-14(9-11)10-6-12(16(18,19)20)8-13(7-10)17(21,22)23/h4-9H,1-3H3. The molecule has 1 nitrogen and oxygen atoms in total. The van der Waals surface area contributed by atoms with Gasteiger partial charge in [-0.3, -0.25) is 4.98 Å². The molecule has 0 radical (unpaired) electrons. The Morgan fingerprint density at radius 3 is 1.62 bits per heavy atom. The zero-order chi connectivity index (χ0) is 18.3. The molecule has 0 aliphatic heterocycles. The summed E-state index contributed by atoms with van der Waals surface area (Å²) in [5.74, 6) is 0. The van der Waals surface area contributed by atoms with Crippen LogP contribution in [0.2, 0.25) is 0 Å². The van der Waals surface area contributed by atoms with Crippen molar-refractivity contribution in [2.45, 2.75) is 38.5 Å². The molecule has 2 rings (SSSR count). The van der Waals surface area contributed by atoms with E-state index in [1.807, 2.05) is 20.8 Å². The van der Waals surface area contributed by atoms with Crippen LogP contribution in [0.1, 0.15) is 37.5 Å². The molecular weight excluding hydrogens is 332 g/mol. The summed E-state index contributed by atoms with van der Waals surface area (Å²) in [6.45, 7) is 5.66. The fourth-order valence-corrected chi connectivity index (χ4v) is 2.16. The average molecular weight is 347 g/mol. The predicted octanol–water partition coefficient (Wildman–Crippen LogP) is 6.08. The molecule has 24 heavy (non-hydrogen) atoms. The molecule has 130 valence electrons. The van der Waals surface area contributed by atoms with E-state index in [2.05, 4.69) is 4.98 Å². The largest absolute Gasteiger partial charge is 0.416 e. The molecule has 0 unspecified atom stereocenters. The second-order valence-corrected chi connectivity index (χ2v) is 6.47. The molecule has 0 bridgehead atoms. The molecule has 0 atom stereocenters. The monoisotopic (exact) mass is 347 g/mol. The second-order valence-electron chi connectivity index (χ2n) is 6.47. The van der Waals surface area contributed by atoms with Gasteiger partial charge >= 0.3 is 12.4 Å². The summed E-state index contributed by atoms with van der Waals surface area (Å²) in [5, 5.41) is 0. The van der Waals surface area contributed by atoms with E-state index in [4.69, 9.17) is 0 Å². The minimum absolute atomic E-state index is 0.0685. The van der Waals surface area contributed by atoms with Crippen LogP contribution in [0.25, 0.3) is 11.3 Å². The van der Waals surface area contributed by atoms with Gasteiger partial charge in [0, 0.05) is 11.8 Å². The van der Waals surface area contributed by atoms with Crippen molar-refractivity contribution in [1.82, 2.24) is 4.98 Å². The van der Waals surface area contributed by atoms with Gasteiger partial charge in [-0.25, -0.2) is 0 Å². The first-order valence-corrected chi connectivity index (χ1v) is 7.05. The third-order valence-electron chi connectivity index (χ3n) is 3.51. The van der Waals surface area contributed by atoms with Crippen LogP contribution >= 0.6 is 0 Å². The number of hydrogen-bond donors (Lipinski definition) is 0. The highest BCUT2D eigenvalue weighted by atomic mass is 19.4. The maximum atomic E-state index is 12.9. The molecule has 0 N–H and O–H groups in total. The summed E-state index contributed by atoms with van der Waals surface area (Å²) in [6, 6.07) is 4.67. The first-order chi connectivity index (χ1) is 10.8. The highest BCUT2D eigenvalue weighted by Gasteiger charge is 2.37. The molecule has 0 aliphatic rings. The van der Waals surface area contributed by atoms with Gasteiger partial charge in [0.1, 0.15) is 0 Å². The Labute approximate surface area is 135 Å². The quantitative estimate of drug-likeness (QED) is 0.569. The van der Waals surface area contributed by atoms with Gasteiger partial charge in [-0.1, -0.05) is 20.8 Å². The first kappa shape index (κ1) is 18.3. The zero-order valence-electron chi connectivity index (χ0n) is 13.2. The van der Waals surface area contributed by atoms with Gasteiger partial charge in [-0.2, -0.15) is 26.3 Å². The highest BCUT2D eigenvalue weighted by molar-refractivity contribution is 5.63. The molecule has 0 saturated heterocycles. The number of pyridine rings is 1. The lowest BCUT2D eigenvalue weighted by Crippen LogP contribution is -2.12. The van der Waals surface area contributed by atoms with E-state index in [9.17, 15) is 26.3 Å². The highest BCUT2D eigenvalue weighted by Crippen LogP contribution is 2.38. The Hall–Kier alpha value is -2.05. The van der Waals surface area contributed by atoms with E-state index < -0.39 is 23.5 Å². The zero-order valence-corrected chi connectivity index (χ0v) is 13.2. The molecule has 1 aromatic carbocycles.